The third-order valence-electron chi connectivity index (χ3n) is 5.12. The number of hydrogen-bond donors (Lipinski definition) is 2. The molecule has 168 valence electrons. The summed E-state index contributed by atoms with van der Waals surface area (Å²) in [6, 6.07) is 7.20. The Labute approximate surface area is 196 Å². The molecule has 2 heterocycles. The van der Waals surface area contributed by atoms with Crippen LogP contribution in [0.2, 0.25) is 10.0 Å². The molecule has 1 aliphatic rings. The largest absolute Gasteiger partial charge is 0.351 e. The Bertz CT molecular complexity index is 1330. The van der Waals surface area contributed by atoms with Crippen LogP contribution in [0.25, 0.3) is 11.3 Å². The molecule has 0 aliphatic carbocycles. The number of urea groups is 1. The smallest absolute Gasteiger partial charge is 0.315 e. The fourth-order valence-corrected chi connectivity index (χ4v) is 4.00. The van der Waals surface area contributed by atoms with Crippen molar-refractivity contribution < 1.29 is 18.4 Å². The first-order chi connectivity index (χ1) is 15.7. The summed E-state index contributed by atoms with van der Waals surface area (Å²) in [4.78, 5) is 26.3. The van der Waals surface area contributed by atoms with E-state index in [1.54, 1.807) is 6.07 Å². The summed E-state index contributed by atoms with van der Waals surface area (Å²) in [5.41, 5.74) is 6.18. The van der Waals surface area contributed by atoms with Crippen LogP contribution in [0.3, 0.4) is 0 Å². The number of amides is 3. The number of carbonyl (C=O) groups is 2. The van der Waals surface area contributed by atoms with Crippen LogP contribution in [0, 0.1) is 23.0 Å². The number of benzene rings is 2. The van der Waals surface area contributed by atoms with E-state index in [9.17, 15) is 18.4 Å². The molecule has 8 nitrogen and oxygen atoms in total. The number of rotatable bonds is 3. The van der Waals surface area contributed by atoms with E-state index in [1.807, 2.05) is 0 Å². The third-order valence-corrected chi connectivity index (χ3v) is 5.67. The van der Waals surface area contributed by atoms with Crippen molar-refractivity contribution in [3.63, 3.8) is 0 Å². The minimum absolute atomic E-state index is 0.00449. The number of nitriles is 1. The van der Waals surface area contributed by atoms with Crippen LogP contribution in [-0.4, -0.2) is 33.2 Å². The lowest BCUT2D eigenvalue weighted by atomic mass is 10.0. The van der Waals surface area contributed by atoms with Gasteiger partial charge in [0, 0.05) is 17.8 Å². The topological polar surface area (TPSA) is 117 Å². The van der Waals surface area contributed by atoms with Gasteiger partial charge >= 0.3 is 6.03 Å². The molecule has 0 saturated heterocycles. The zero-order valence-electron chi connectivity index (χ0n) is 16.7. The van der Waals surface area contributed by atoms with E-state index in [-0.39, 0.29) is 57.8 Å². The van der Waals surface area contributed by atoms with Crippen LogP contribution in [-0.2, 0) is 13.1 Å². The Morgan fingerprint density at radius 1 is 1.15 bits per heavy atom. The van der Waals surface area contributed by atoms with Crippen molar-refractivity contribution in [3.05, 3.63) is 68.8 Å². The van der Waals surface area contributed by atoms with Crippen LogP contribution in [0.5, 0.6) is 0 Å². The number of nitrogens with one attached hydrogen (secondary N) is 1. The molecule has 3 aromatic rings. The molecule has 12 heteroatoms. The van der Waals surface area contributed by atoms with Gasteiger partial charge in [-0.3, -0.25) is 9.48 Å². The second kappa shape index (κ2) is 8.69. The molecule has 0 bridgehead atoms. The molecule has 2 aromatic carbocycles. The second-order valence-corrected chi connectivity index (χ2v) is 7.98. The lowest BCUT2D eigenvalue weighted by Crippen LogP contribution is -2.42. The van der Waals surface area contributed by atoms with Crippen molar-refractivity contribution in [1.29, 1.82) is 5.26 Å². The number of halogens is 4. The lowest BCUT2D eigenvalue weighted by Gasteiger charge is -2.26. The molecule has 4 rings (SSSR count). The maximum Gasteiger partial charge on any atom is 0.315 e. The Hall–Kier alpha value is -3.68. The molecule has 0 unspecified atom stereocenters. The maximum atomic E-state index is 14.0. The van der Waals surface area contributed by atoms with Gasteiger partial charge in [-0.25, -0.2) is 13.6 Å². The number of primary amides is 1. The normalized spacial score (nSPS) is 12.8. The summed E-state index contributed by atoms with van der Waals surface area (Å²) in [6.07, 6.45) is 0. The number of aromatic nitrogens is 2. The van der Waals surface area contributed by atoms with E-state index in [4.69, 9.17) is 34.2 Å². The molecule has 0 fully saturated rings. The van der Waals surface area contributed by atoms with E-state index in [0.29, 0.717) is 5.69 Å². The maximum absolute atomic E-state index is 14.0. The van der Waals surface area contributed by atoms with Crippen molar-refractivity contribution in [2.45, 2.75) is 13.1 Å². The molecule has 0 spiro atoms. The van der Waals surface area contributed by atoms with Crippen molar-refractivity contribution in [3.8, 4) is 17.3 Å². The highest BCUT2D eigenvalue weighted by molar-refractivity contribution is 6.35. The standard InChI is InChI=1S/C21H14Cl2F2N6O2/c22-13-5-11(6-14(23)18(13)25)19-17(16-9-30(21(27)33)3-4-31(16)29-19)20(32)28-12-2-1-10(8-26)15(24)7-12/h1-2,5-7H,3-4,9H2,(H2,27,33)(H,28,32). The predicted molar refractivity (Wildman–Crippen MR) is 117 cm³/mol. The SMILES string of the molecule is N#Cc1ccc(NC(=O)c2c(-c3cc(Cl)c(F)c(Cl)c3)nn3c2CN(C(N)=O)CC3)cc1F. The molecule has 33 heavy (non-hydrogen) atoms. The highest BCUT2D eigenvalue weighted by Crippen LogP contribution is 2.34. The van der Waals surface area contributed by atoms with Gasteiger partial charge in [-0.05, 0) is 30.3 Å². The average Bonchev–Trinajstić information content (AvgIpc) is 3.16. The second-order valence-electron chi connectivity index (χ2n) is 7.17. The van der Waals surface area contributed by atoms with E-state index in [0.717, 1.165) is 6.07 Å². The van der Waals surface area contributed by atoms with Gasteiger partial charge in [-0.1, -0.05) is 23.2 Å². The van der Waals surface area contributed by atoms with Gasteiger partial charge in [0.2, 0.25) is 0 Å². The molecule has 0 atom stereocenters. The Kier molecular flexibility index (Phi) is 5.93. The number of anilines is 1. The third kappa shape index (κ3) is 4.20. The van der Waals surface area contributed by atoms with Crippen molar-refractivity contribution in [1.82, 2.24) is 14.7 Å². The van der Waals surface area contributed by atoms with E-state index in [2.05, 4.69) is 10.4 Å². The quantitative estimate of drug-likeness (QED) is 0.536. The monoisotopic (exact) mass is 490 g/mol. The van der Waals surface area contributed by atoms with Crippen LogP contribution in [0.1, 0.15) is 21.6 Å². The first-order valence-electron chi connectivity index (χ1n) is 9.49. The van der Waals surface area contributed by atoms with Crippen molar-refractivity contribution >= 4 is 40.8 Å². The summed E-state index contributed by atoms with van der Waals surface area (Å²) < 4.78 is 29.5. The van der Waals surface area contributed by atoms with Crippen LogP contribution in [0.15, 0.2) is 30.3 Å². The zero-order chi connectivity index (χ0) is 23.9. The first kappa shape index (κ1) is 22.5. The predicted octanol–water partition coefficient (Wildman–Crippen LogP) is 4.15. The van der Waals surface area contributed by atoms with Gasteiger partial charge < -0.3 is 16.0 Å². The molecular formula is C21H14Cl2F2N6O2. The zero-order valence-corrected chi connectivity index (χ0v) is 18.2. The number of hydrogen-bond acceptors (Lipinski definition) is 4. The van der Waals surface area contributed by atoms with Crippen molar-refractivity contribution in [2.24, 2.45) is 5.73 Å². The fourth-order valence-electron chi connectivity index (χ4n) is 3.52. The summed E-state index contributed by atoms with van der Waals surface area (Å²) in [7, 11) is 0. The summed E-state index contributed by atoms with van der Waals surface area (Å²) >= 11 is 11.9. The summed E-state index contributed by atoms with van der Waals surface area (Å²) in [5.74, 6) is -2.28. The molecule has 3 amide bonds. The first-order valence-corrected chi connectivity index (χ1v) is 10.2. The highest BCUT2D eigenvalue weighted by atomic mass is 35.5. The minimum Gasteiger partial charge on any atom is -0.351 e. The molecular weight excluding hydrogens is 477 g/mol. The lowest BCUT2D eigenvalue weighted by molar-refractivity contribution is 0.102. The Morgan fingerprint density at radius 3 is 2.45 bits per heavy atom. The average molecular weight is 491 g/mol. The van der Waals surface area contributed by atoms with Gasteiger partial charge in [0.1, 0.15) is 17.6 Å². The van der Waals surface area contributed by atoms with Crippen LogP contribution in [0.4, 0.5) is 19.3 Å². The van der Waals surface area contributed by atoms with Gasteiger partial charge in [0.25, 0.3) is 5.91 Å². The molecule has 0 saturated carbocycles. The summed E-state index contributed by atoms with van der Waals surface area (Å²) in [6.45, 7) is 0.526. The number of fused-ring (bicyclic) bond motifs is 1. The van der Waals surface area contributed by atoms with E-state index >= 15 is 0 Å². The van der Waals surface area contributed by atoms with Crippen LogP contribution >= 0.6 is 23.2 Å². The summed E-state index contributed by atoms with van der Waals surface area (Å²) in [5, 5.41) is 15.4. The van der Waals surface area contributed by atoms with E-state index in [1.165, 1.54) is 33.8 Å². The van der Waals surface area contributed by atoms with Gasteiger partial charge in [0.05, 0.1) is 40.0 Å². The van der Waals surface area contributed by atoms with Gasteiger partial charge in [-0.15, -0.1) is 0 Å². The Morgan fingerprint density at radius 2 is 1.85 bits per heavy atom. The van der Waals surface area contributed by atoms with Gasteiger partial charge in [-0.2, -0.15) is 10.4 Å². The minimum atomic E-state index is -0.815. The molecule has 3 N–H and O–H groups in total. The number of carbonyl (C=O) groups excluding carboxylic acids is 2. The number of nitrogens with two attached hydrogens (primary N) is 1. The van der Waals surface area contributed by atoms with Gasteiger partial charge in [0.15, 0.2) is 5.82 Å². The molecule has 1 aromatic heterocycles. The highest BCUT2D eigenvalue weighted by Gasteiger charge is 2.30. The van der Waals surface area contributed by atoms with E-state index < -0.39 is 23.6 Å². The molecule has 0 radical (unpaired) electrons. The fraction of sp³-hybridized carbons (Fsp3) is 0.143. The Balaban J connectivity index is 1.82. The van der Waals surface area contributed by atoms with Crippen LogP contribution < -0.4 is 11.1 Å². The molecule has 1 aliphatic heterocycles. The number of nitrogens with zero attached hydrogens (tertiary/aromatic N) is 4. The van der Waals surface area contributed by atoms with Crippen molar-refractivity contribution in [2.75, 3.05) is 11.9 Å².